The van der Waals surface area contributed by atoms with Crippen molar-refractivity contribution in [3.63, 3.8) is 0 Å². The number of halogens is 3. The summed E-state index contributed by atoms with van der Waals surface area (Å²) in [6, 6.07) is 2.13. The fourth-order valence-corrected chi connectivity index (χ4v) is 4.25. The summed E-state index contributed by atoms with van der Waals surface area (Å²) in [4.78, 5) is 4.46. The number of rotatable bonds is 0. The number of benzene rings is 1. The van der Waals surface area contributed by atoms with Gasteiger partial charge in [0.2, 0.25) is 0 Å². The molecule has 1 heterocycles. The van der Waals surface area contributed by atoms with Crippen LogP contribution in [-0.2, 0) is 5.41 Å². The van der Waals surface area contributed by atoms with Crippen LogP contribution in [0.5, 0.6) is 0 Å². The zero-order valence-electron chi connectivity index (χ0n) is 7.74. The van der Waals surface area contributed by atoms with Gasteiger partial charge < -0.3 is 0 Å². The first-order valence-corrected chi connectivity index (χ1v) is 7.12. The summed E-state index contributed by atoms with van der Waals surface area (Å²) in [5, 5.41) is 0. The van der Waals surface area contributed by atoms with Gasteiger partial charge in [0.25, 0.3) is 0 Å². The molecule has 1 aromatic carbocycles. The van der Waals surface area contributed by atoms with E-state index in [-0.39, 0.29) is 5.41 Å². The smallest absolute Gasteiger partial charge is 0.0689 e. The number of hydrogen-bond acceptors (Lipinski definition) is 1. The maximum atomic E-state index is 4.46. The summed E-state index contributed by atoms with van der Waals surface area (Å²) in [6.45, 7) is 4.40. The first kappa shape index (κ1) is 11.3. The highest BCUT2D eigenvalue weighted by Gasteiger charge is 2.30. The predicted molar refractivity (Wildman–Crippen MR) is 80.8 cm³/mol. The second-order valence-electron chi connectivity index (χ2n) is 3.86. The molecule has 0 fully saturated rings. The predicted octanol–water partition coefficient (Wildman–Crippen LogP) is 4.65. The molecule has 1 aromatic rings. The van der Waals surface area contributed by atoms with Gasteiger partial charge in [-0.1, -0.05) is 13.8 Å². The van der Waals surface area contributed by atoms with E-state index >= 15 is 0 Å². The van der Waals surface area contributed by atoms with Crippen LogP contribution in [-0.4, -0.2) is 6.21 Å². The van der Waals surface area contributed by atoms with E-state index in [1.165, 1.54) is 17.2 Å². The molecule has 74 valence electrons. The molecule has 0 amide bonds. The van der Waals surface area contributed by atoms with Crippen molar-refractivity contribution in [3.8, 4) is 0 Å². The minimum Gasteiger partial charge on any atom is -0.260 e. The molecule has 0 aromatic heterocycles. The van der Waals surface area contributed by atoms with Crippen molar-refractivity contribution in [2.24, 2.45) is 4.99 Å². The normalized spacial score (nSPS) is 17.2. The second kappa shape index (κ2) is 3.69. The monoisotopic (exact) mass is 475 g/mol. The van der Waals surface area contributed by atoms with Crippen LogP contribution in [0.1, 0.15) is 19.4 Å². The number of nitrogens with zero attached hydrogens (tertiary/aromatic N) is 1. The Morgan fingerprint density at radius 3 is 2.64 bits per heavy atom. The third-order valence-corrected chi connectivity index (χ3v) is 6.55. The van der Waals surface area contributed by atoms with Crippen LogP contribution < -0.4 is 0 Å². The molecule has 0 atom stereocenters. The molecule has 0 saturated heterocycles. The standard InChI is InChI=1S/C10H8BrI2N/c1-10(2)4-14-6-3-5(12)8(11)9(13)7(6)10/h3-4H,1-2H3. The molecule has 14 heavy (non-hydrogen) atoms. The van der Waals surface area contributed by atoms with E-state index in [1.54, 1.807) is 0 Å². The van der Waals surface area contributed by atoms with Gasteiger partial charge in [-0.3, -0.25) is 4.99 Å². The Morgan fingerprint density at radius 1 is 1.36 bits per heavy atom. The quantitative estimate of drug-likeness (QED) is 0.382. The maximum Gasteiger partial charge on any atom is 0.0689 e. The lowest BCUT2D eigenvalue weighted by Gasteiger charge is -2.18. The molecule has 0 bridgehead atoms. The van der Waals surface area contributed by atoms with E-state index in [1.807, 2.05) is 6.21 Å². The molecule has 2 rings (SSSR count). The number of hydrogen-bond donors (Lipinski definition) is 0. The molecule has 1 aliphatic rings. The Morgan fingerprint density at radius 2 is 2.00 bits per heavy atom. The van der Waals surface area contributed by atoms with E-state index in [9.17, 15) is 0 Å². The average Bonchev–Trinajstić information content (AvgIpc) is 2.38. The Kier molecular flexibility index (Phi) is 2.99. The second-order valence-corrected chi connectivity index (χ2v) is 6.89. The first-order chi connectivity index (χ1) is 6.43. The highest BCUT2D eigenvalue weighted by atomic mass is 127. The summed E-state index contributed by atoms with van der Waals surface area (Å²) in [6.07, 6.45) is 2.03. The molecule has 0 spiro atoms. The molecule has 0 aliphatic carbocycles. The molecule has 0 N–H and O–H groups in total. The SMILES string of the molecule is CC1(C)C=Nc2cc(I)c(Br)c(I)c21. The Hall–Kier alpha value is 0.830. The maximum absolute atomic E-state index is 4.46. The van der Waals surface area contributed by atoms with Gasteiger partial charge in [-0.2, -0.15) is 0 Å². The minimum absolute atomic E-state index is 0.0682. The van der Waals surface area contributed by atoms with Gasteiger partial charge in [0.05, 0.1) is 5.69 Å². The topological polar surface area (TPSA) is 12.4 Å². The van der Waals surface area contributed by atoms with Crippen LogP contribution in [0, 0.1) is 7.14 Å². The fourth-order valence-electron chi connectivity index (χ4n) is 1.59. The fraction of sp³-hybridized carbons (Fsp3) is 0.300. The lowest BCUT2D eigenvalue weighted by atomic mass is 9.87. The van der Waals surface area contributed by atoms with Crippen molar-refractivity contribution >= 4 is 73.0 Å². The Balaban J connectivity index is 2.77. The van der Waals surface area contributed by atoms with Crippen LogP contribution in [0.4, 0.5) is 5.69 Å². The van der Waals surface area contributed by atoms with Gasteiger partial charge >= 0.3 is 0 Å². The summed E-state index contributed by atoms with van der Waals surface area (Å²) in [5.41, 5.74) is 2.52. The third-order valence-electron chi connectivity index (χ3n) is 2.31. The van der Waals surface area contributed by atoms with Crippen LogP contribution in [0.3, 0.4) is 0 Å². The average molecular weight is 476 g/mol. The van der Waals surface area contributed by atoms with E-state index in [2.05, 4.69) is 86.0 Å². The minimum atomic E-state index is 0.0682. The van der Waals surface area contributed by atoms with Gasteiger partial charge in [-0.25, -0.2) is 0 Å². The van der Waals surface area contributed by atoms with Crippen molar-refractivity contribution in [1.82, 2.24) is 0 Å². The largest absolute Gasteiger partial charge is 0.260 e. The van der Waals surface area contributed by atoms with Gasteiger partial charge in [-0.05, 0) is 67.2 Å². The van der Waals surface area contributed by atoms with Crippen molar-refractivity contribution in [2.45, 2.75) is 19.3 Å². The van der Waals surface area contributed by atoms with E-state index in [0.29, 0.717) is 0 Å². The molecule has 4 heteroatoms. The zero-order valence-corrected chi connectivity index (χ0v) is 13.6. The summed E-state index contributed by atoms with van der Waals surface area (Å²) in [7, 11) is 0. The molecule has 1 nitrogen and oxygen atoms in total. The first-order valence-electron chi connectivity index (χ1n) is 4.16. The highest BCUT2D eigenvalue weighted by Crippen LogP contribution is 2.43. The molecule has 0 unspecified atom stereocenters. The lowest BCUT2D eigenvalue weighted by molar-refractivity contribution is 0.747. The van der Waals surface area contributed by atoms with E-state index < -0.39 is 0 Å². The van der Waals surface area contributed by atoms with Crippen LogP contribution in [0.15, 0.2) is 15.5 Å². The van der Waals surface area contributed by atoms with Crippen molar-refractivity contribution in [1.29, 1.82) is 0 Å². The zero-order chi connectivity index (χ0) is 10.5. The summed E-state index contributed by atoms with van der Waals surface area (Å²) in [5.74, 6) is 0. The highest BCUT2D eigenvalue weighted by molar-refractivity contribution is 14.1. The number of fused-ring (bicyclic) bond motifs is 1. The summed E-state index contributed by atoms with van der Waals surface area (Å²) < 4.78 is 3.70. The van der Waals surface area contributed by atoms with Gasteiger partial charge in [0.1, 0.15) is 0 Å². The molecular formula is C10H8BrI2N. The van der Waals surface area contributed by atoms with Gasteiger partial charge in [0, 0.05) is 28.8 Å². The van der Waals surface area contributed by atoms with Crippen molar-refractivity contribution in [3.05, 3.63) is 23.2 Å². The van der Waals surface area contributed by atoms with Gasteiger partial charge in [0.15, 0.2) is 0 Å². The van der Waals surface area contributed by atoms with E-state index in [0.717, 1.165) is 5.69 Å². The lowest BCUT2D eigenvalue weighted by Crippen LogP contribution is -2.16. The summed E-state index contributed by atoms with van der Waals surface area (Å²) >= 11 is 8.33. The van der Waals surface area contributed by atoms with Crippen LogP contribution >= 0.6 is 61.1 Å². The Bertz CT molecular complexity index is 438. The third kappa shape index (κ3) is 1.67. The molecule has 0 saturated carbocycles. The molecule has 0 radical (unpaired) electrons. The van der Waals surface area contributed by atoms with Crippen LogP contribution in [0.2, 0.25) is 0 Å². The van der Waals surface area contributed by atoms with Crippen molar-refractivity contribution < 1.29 is 0 Å². The van der Waals surface area contributed by atoms with Gasteiger partial charge in [-0.15, -0.1) is 0 Å². The van der Waals surface area contributed by atoms with E-state index in [4.69, 9.17) is 0 Å². The molecule has 1 aliphatic heterocycles. The number of aliphatic imine (C=N–C) groups is 1. The Labute approximate surface area is 119 Å². The van der Waals surface area contributed by atoms with Crippen LogP contribution in [0.25, 0.3) is 0 Å². The molecular weight excluding hydrogens is 468 g/mol. The van der Waals surface area contributed by atoms with Crippen molar-refractivity contribution in [2.75, 3.05) is 0 Å².